The van der Waals surface area contributed by atoms with E-state index in [1.807, 2.05) is 31.2 Å². The molecular formula is C21H25N3O3. The van der Waals surface area contributed by atoms with Gasteiger partial charge in [0.25, 0.3) is 0 Å². The number of amides is 2. The molecule has 6 nitrogen and oxygen atoms in total. The van der Waals surface area contributed by atoms with Gasteiger partial charge in [-0.15, -0.1) is 0 Å². The molecule has 2 aliphatic rings. The minimum absolute atomic E-state index is 0.0392. The molecule has 142 valence electrons. The van der Waals surface area contributed by atoms with Gasteiger partial charge in [-0.3, -0.25) is 0 Å². The number of nitrogens with zero attached hydrogens (tertiary/aromatic N) is 1. The van der Waals surface area contributed by atoms with E-state index in [1.54, 1.807) is 18.3 Å². The molecule has 1 aromatic heterocycles. The number of fused-ring (bicyclic) bond motifs is 1. The number of carbonyl (C=O) groups is 1. The van der Waals surface area contributed by atoms with Gasteiger partial charge in [-0.05, 0) is 31.5 Å². The lowest BCUT2D eigenvalue weighted by Gasteiger charge is -2.54. The third kappa shape index (κ3) is 3.49. The van der Waals surface area contributed by atoms with Gasteiger partial charge in [0.1, 0.15) is 5.75 Å². The van der Waals surface area contributed by atoms with Crippen molar-refractivity contribution in [3.63, 3.8) is 0 Å². The van der Waals surface area contributed by atoms with Crippen LogP contribution in [-0.4, -0.2) is 29.8 Å². The number of hydrogen-bond donors (Lipinski definition) is 2. The van der Waals surface area contributed by atoms with E-state index in [9.17, 15) is 4.79 Å². The molecule has 6 heteroatoms. The SMILES string of the molecule is Cc1ccc(Oc2ccc(NC(=O)N[C@@H]3[C@H]4CCO[C@@H]4C3(C)C)cn2)cc1. The van der Waals surface area contributed by atoms with Crippen LogP contribution < -0.4 is 15.4 Å². The zero-order valence-electron chi connectivity index (χ0n) is 15.9. The molecule has 0 bridgehead atoms. The fraction of sp³-hybridized carbons (Fsp3) is 0.429. The molecule has 3 atom stereocenters. The summed E-state index contributed by atoms with van der Waals surface area (Å²) in [5, 5.41) is 5.95. The summed E-state index contributed by atoms with van der Waals surface area (Å²) in [6.45, 7) is 7.09. The van der Waals surface area contributed by atoms with Crippen molar-refractivity contribution in [3.8, 4) is 11.6 Å². The van der Waals surface area contributed by atoms with Crippen molar-refractivity contribution in [2.24, 2.45) is 11.3 Å². The summed E-state index contributed by atoms with van der Waals surface area (Å²) in [5.41, 5.74) is 1.76. The first kappa shape index (κ1) is 17.8. The second-order valence-electron chi connectivity index (χ2n) is 7.94. The quantitative estimate of drug-likeness (QED) is 0.853. The molecule has 2 amide bonds. The fourth-order valence-corrected chi connectivity index (χ4v) is 4.17. The highest BCUT2D eigenvalue weighted by atomic mass is 16.5. The topological polar surface area (TPSA) is 72.5 Å². The normalized spacial score (nSPS) is 25.2. The second kappa shape index (κ2) is 6.85. The smallest absolute Gasteiger partial charge is 0.319 e. The van der Waals surface area contributed by atoms with Gasteiger partial charge in [0.2, 0.25) is 5.88 Å². The molecule has 4 rings (SSSR count). The lowest BCUT2D eigenvalue weighted by Crippen LogP contribution is -2.67. The van der Waals surface area contributed by atoms with Crippen molar-refractivity contribution in [2.75, 3.05) is 11.9 Å². The minimum atomic E-state index is -0.215. The van der Waals surface area contributed by atoms with Crippen LogP contribution in [0, 0.1) is 18.3 Å². The van der Waals surface area contributed by atoms with Crippen molar-refractivity contribution in [3.05, 3.63) is 48.2 Å². The van der Waals surface area contributed by atoms with E-state index < -0.39 is 0 Å². The van der Waals surface area contributed by atoms with Gasteiger partial charge in [0.05, 0.1) is 18.0 Å². The lowest BCUT2D eigenvalue weighted by atomic mass is 9.57. The van der Waals surface area contributed by atoms with Gasteiger partial charge in [-0.2, -0.15) is 0 Å². The minimum Gasteiger partial charge on any atom is -0.439 e. The number of hydrogen-bond acceptors (Lipinski definition) is 4. The highest BCUT2D eigenvalue weighted by Gasteiger charge is 2.59. The van der Waals surface area contributed by atoms with Crippen LogP contribution in [0.25, 0.3) is 0 Å². The molecule has 1 aliphatic heterocycles. The number of carbonyl (C=O) groups excluding carboxylic acids is 1. The number of benzene rings is 1. The van der Waals surface area contributed by atoms with Crippen molar-refractivity contribution < 1.29 is 14.3 Å². The third-order valence-corrected chi connectivity index (χ3v) is 5.62. The first-order valence-electron chi connectivity index (χ1n) is 9.33. The number of ether oxygens (including phenoxy) is 2. The molecule has 0 spiro atoms. The molecule has 2 N–H and O–H groups in total. The van der Waals surface area contributed by atoms with Crippen LogP contribution in [-0.2, 0) is 4.74 Å². The highest BCUT2D eigenvalue weighted by Crippen LogP contribution is 2.52. The maximum Gasteiger partial charge on any atom is 0.319 e. The van der Waals surface area contributed by atoms with Gasteiger partial charge < -0.3 is 20.1 Å². The first-order chi connectivity index (χ1) is 12.9. The summed E-state index contributed by atoms with van der Waals surface area (Å²) >= 11 is 0. The first-order valence-corrected chi connectivity index (χ1v) is 9.33. The van der Waals surface area contributed by atoms with E-state index in [4.69, 9.17) is 9.47 Å². The van der Waals surface area contributed by atoms with E-state index in [0.717, 1.165) is 18.8 Å². The lowest BCUT2D eigenvalue weighted by molar-refractivity contribution is -0.107. The van der Waals surface area contributed by atoms with E-state index in [2.05, 4.69) is 29.5 Å². The Morgan fingerprint density at radius 1 is 1.22 bits per heavy atom. The Morgan fingerprint density at radius 2 is 2.00 bits per heavy atom. The molecule has 1 aliphatic carbocycles. The Balaban J connectivity index is 1.33. The molecule has 1 saturated carbocycles. The van der Waals surface area contributed by atoms with Crippen molar-refractivity contribution in [1.82, 2.24) is 10.3 Å². The van der Waals surface area contributed by atoms with Crippen LogP contribution >= 0.6 is 0 Å². The van der Waals surface area contributed by atoms with Crippen molar-refractivity contribution in [2.45, 2.75) is 39.3 Å². The van der Waals surface area contributed by atoms with Crippen molar-refractivity contribution >= 4 is 11.7 Å². The van der Waals surface area contributed by atoms with E-state index in [1.165, 1.54) is 5.56 Å². The van der Waals surface area contributed by atoms with Gasteiger partial charge >= 0.3 is 6.03 Å². The number of pyridine rings is 1. The van der Waals surface area contributed by atoms with Crippen LogP contribution in [0.2, 0.25) is 0 Å². The predicted octanol–water partition coefficient (Wildman–Crippen LogP) is 4.12. The van der Waals surface area contributed by atoms with Gasteiger partial charge in [0, 0.05) is 30.0 Å². The van der Waals surface area contributed by atoms with Crippen LogP contribution in [0.1, 0.15) is 25.8 Å². The maximum atomic E-state index is 12.4. The maximum absolute atomic E-state index is 12.4. The summed E-state index contributed by atoms with van der Waals surface area (Å²) in [6.07, 6.45) is 2.85. The molecule has 27 heavy (non-hydrogen) atoms. The van der Waals surface area contributed by atoms with E-state index >= 15 is 0 Å². The van der Waals surface area contributed by atoms with E-state index in [-0.39, 0.29) is 23.6 Å². The van der Waals surface area contributed by atoms with Crippen LogP contribution in [0.15, 0.2) is 42.6 Å². The molecule has 2 aromatic rings. The summed E-state index contributed by atoms with van der Waals surface area (Å²) in [5.74, 6) is 1.62. The fourth-order valence-electron chi connectivity index (χ4n) is 4.17. The Labute approximate surface area is 159 Å². The Hall–Kier alpha value is -2.60. The molecule has 2 heterocycles. The summed E-state index contributed by atoms with van der Waals surface area (Å²) < 4.78 is 11.5. The Kier molecular flexibility index (Phi) is 4.52. The van der Waals surface area contributed by atoms with Gasteiger partial charge in [-0.25, -0.2) is 9.78 Å². The summed E-state index contributed by atoms with van der Waals surface area (Å²) in [4.78, 5) is 16.6. The summed E-state index contributed by atoms with van der Waals surface area (Å²) in [6, 6.07) is 11.2. The number of anilines is 1. The number of rotatable bonds is 4. The number of nitrogens with one attached hydrogen (secondary N) is 2. The molecular weight excluding hydrogens is 342 g/mol. The number of aryl methyl sites for hydroxylation is 1. The van der Waals surface area contributed by atoms with Gasteiger partial charge in [0.15, 0.2) is 0 Å². The predicted molar refractivity (Wildman–Crippen MR) is 103 cm³/mol. The molecule has 1 saturated heterocycles. The third-order valence-electron chi connectivity index (χ3n) is 5.62. The number of urea groups is 1. The largest absolute Gasteiger partial charge is 0.439 e. The van der Waals surface area contributed by atoms with Crippen LogP contribution in [0.3, 0.4) is 0 Å². The average Bonchev–Trinajstić information content (AvgIpc) is 3.11. The zero-order valence-corrected chi connectivity index (χ0v) is 15.9. The van der Waals surface area contributed by atoms with Crippen LogP contribution in [0.5, 0.6) is 11.6 Å². The zero-order chi connectivity index (χ0) is 19.0. The Bertz CT molecular complexity index is 818. The Morgan fingerprint density at radius 3 is 2.70 bits per heavy atom. The van der Waals surface area contributed by atoms with Crippen LogP contribution in [0.4, 0.5) is 10.5 Å². The monoisotopic (exact) mass is 367 g/mol. The molecule has 0 radical (unpaired) electrons. The molecule has 2 fully saturated rings. The summed E-state index contributed by atoms with van der Waals surface area (Å²) in [7, 11) is 0. The standard InChI is InChI=1S/C21H25N3O3/c1-13-4-7-15(8-5-13)27-17-9-6-14(12-22-17)23-20(25)24-18-16-10-11-26-19(16)21(18,2)3/h4-9,12,16,18-19H,10-11H2,1-3H3,(H2,23,24,25)/t16-,18-,19+/m1/s1. The highest BCUT2D eigenvalue weighted by molar-refractivity contribution is 5.89. The molecule has 1 aromatic carbocycles. The average molecular weight is 367 g/mol. The van der Waals surface area contributed by atoms with E-state index in [0.29, 0.717) is 17.5 Å². The second-order valence-corrected chi connectivity index (χ2v) is 7.94. The molecule has 0 unspecified atom stereocenters. The van der Waals surface area contributed by atoms with Crippen molar-refractivity contribution in [1.29, 1.82) is 0 Å². The number of aromatic nitrogens is 1. The van der Waals surface area contributed by atoms with Gasteiger partial charge in [-0.1, -0.05) is 31.5 Å².